The summed E-state index contributed by atoms with van der Waals surface area (Å²) < 4.78 is 37.2. The molecule has 0 aromatic carbocycles. The van der Waals surface area contributed by atoms with Crippen LogP contribution in [0.2, 0.25) is 18.1 Å². The minimum absolute atomic E-state index is 0.0378. The van der Waals surface area contributed by atoms with Gasteiger partial charge in [-0.2, -0.15) is 0 Å². The first-order valence-electron chi connectivity index (χ1n) is 23.2. The van der Waals surface area contributed by atoms with Crippen molar-refractivity contribution in [2.45, 2.75) is 199 Å². The number of ether oxygens (including phenoxy) is 5. The fraction of sp³-hybridized carbons (Fsp3) is 0.833. The summed E-state index contributed by atoms with van der Waals surface area (Å²) in [7, 11) is 2.73. The second-order valence-electron chi connectivity index (χ2n) is 20.8. The van der Waals surface area contributed by atoms with Gasteiger partial charge >= 0.3 is 5.97 Å². The number of aliphatic hydroxyl groups is 2. The van der Waals surface area contributed by atoms with Crippen LogP contribution >= 0.6 is 0 Å². The highest BCUT2D eigenvalue weighted by molar-refractivity contribution is 6.74. The van der Waals surface area contributed by atoms with E-state index < -0.39 is 86.1 Å². The molecule has 0 radical (unpaired) electrons. The second kappa shape index (κ2) is 21.8. The Bertz CT molecular complexity index is 1620. The average Bonchev–Trinajstić information content (AvgIpc) is 3.21. The number of aliphatic hydroxyl groups excluding tert-OH is 1. The number of rotatable bonds is 7. The van der Waals surface area contributed by atoms with Gasteiger partial charge in [0.05, 0.1) is 30.5 Å². The average molecular weight is 892 g/mol. The molecule has 0 aromatic heterocycles. The Hall–Kier alpha value is -2.30. The van der Waals surface area contributed by atoms with Crippen LogP contribution in [0.1, 0.15) is 127 Å². The fourth-order valence-corrected chi connectivity index (χ4v) is 11.2. The van der Waals surface area contributed by atoms with Crippen molar-refractivity contribution in [3.05, 3.63) is 23.3 Å². The number of allylic oxidation sites excluding steroid dienone is 3. The molecule has 4 rings (SSSR count). The summed E-state index contributed by atoms with van der Waals surface area (Å²) in [6.07, 6.45) is 4.60. The van der Waals surface area contributed by atoms with E-state index in [4.69, 9.17) is 28.1 Å². The molecule has 2 bridgehead atoms. The van der Waals surface area contributed by atoms with Crippen LogP contribution < -0.4 is 0 Å². The molecule has 354 valence electrons. The van der Waals surface area contributed by atoms with E-state index in [0.717, 1.165) is 18.4 Å². The van der Waals surface area contributed by atoms with Crippen molar-refractivity contribution in [2.75, 3.05) is 27.9 Å². The topological polar surface area (TPSA) is 167 Å². The summed E-state index contributed by atoms with van der Waals surface area (Å²) >= 11 is 0. The number of ketones is 2. The van der Waals surface area contributed by atoms with Crippen LogP contribution in [0, 0.1) is 29.6 Å². The highest BCUT2D eigenvalue weighted by atomic mass is 28.4. The molecule has 2 saturated heterocycles. The Labute approximate surface area is 373 Å². The first kappa shape index (κ1) is 52.3. The predicted octanol–water partition coefficient (Wildman–Crippen LogP) is 7.11. The Kier molecular flexibility index (Phi) is 18.4. The van der Waals surface area contributed by atoms with Crippen molar-refractivity contribution in [2.24, 2.45) is 29.6 Å². The minimum Gasteiger partial charge on any atom is -0.456 e. The molecular weight excluding hydrogens is 811 g/mol. The molecule has 14 atom stereocenters. The second-order valence-corrected chi connectivity index (χ2v) is 25.5. The SMILES string of the molecule is COC1CC(C=C(C)C2OC(=O)C3CCCCN3C(=O)C(=O)C3(O)OC(C(OC)CC(C)C/C(C)=C/C(C)C(=O)CC(O)C2C)C(OC)CC3C)CCC1O[Si](C)(C)C(C)(C)C. The monoisotopic (exact) mass is 892 g/mol. The van der Waals surface area contributed by atoms with Gasteiger partial charge < -0.3 is 43.2 Å². The molecule has 13 nitrogen and oxygen atoms in total. The number of cyclic esters (lactones) is 1. The molecule has 3 fully saturated rings. The Balaban J connectivity index is 1.72. The van der Waals surface area contributed by atoms with Gasteiger partial charge in [0, 0.05) is 52.0 Å². The molecule has 3 aliphatic heterocycles. The molecule has 1 aliphatic carbocycles. The summed E-state index contributed by atoms with van der Waals surface area (Å²) in [4.78, 5) is 58.0. The summed E-state index contributed by atoms with van der Waals surface area (Å²) in [5.41, 5.74) is 1.70. The lowest BCUT2D eigenvalue weighted by atomic mass is 9.82. The first-order chi connectivity index (χ1) is 28.9. The number of carbonyl (C=O) groups is 4. The van der Waals surface area contributed by atoms with Gasteiger partial charge in [-0.05, 0) is 107 Å². The maximum Gasteiger partial charge on any atom is 0.329 e. The number of fused-ring (bicyclic) bond motifs is 3. The van der Waals surface area contributed by atoms with Gasteiger partial charge in [-0.15, -0.1) is 0 Å². The number of nitrogens with zero attached hydrogens (tertiary/aromatic N) is 1. The number of hydrogen-bond donors (Lipinski definition) is 2. The maximum atomic E-state index is 14.5. The van der Waals surface area contributed by atoms with E-state index >= 15 is 0 Å². The van der Waals surface area contributed by atoms with E-state index in [1.165, 1.54) is 19.1 Å². The molecule has 3 heterocycles. The largest absolute Gasteiger partial charge is 0.456 e. The van der Waals surface area contributed by atoms with Crippen LogP contribution in [0.3, 0.4) is 0 Å². The minimum atomic E-state index is -2.50. The van der Waals surface area contributed by atoms with Gasteiger partial charge in [-0.25, -0.2) is 4.79 Å². The number of methoxy groups -OCH3 is 3. The van der Waals surface area contributed by atoms with Gasteiger partial charge in [0.25, 0.3) is 11.7 Å². The van der Waals surface area contributed by atoms with E-state index in [-0.39, 0.29) is 60.7 Å². The third-order valence-corrected chi connectivity index (χ3v) is 19.3. The summed E-state index contributed by atoms with van der Waals surface area (Å²) in [5, 5.41) is 23.9. The van der Waals surface area contributed by atoms with E-state index in [2.05, 4.69) is 46.9 Å². The van der Waals surface area contributed by atoms with Crippen molar-refractivity contribution in [3.8, 4) is 0 Å². The van der Waals surface area contributed by atoms with Gasteiger partial charge in [-0.1, -0.05) is 66.2 Å². The van der Waals surface area contributed by atoms with Crippen LogP contribution in [-0.2, 0) is 47.3 Å². The molecular formula is C48H81NO12Si. The lowest BCUT2D eigenvalue weighted by Crippen LogP contribution is -2.64. The summed E-state index contributed by atoms with van der Waals surface area (Å²) in [6, 6.07) is -1.12. The smallest absolute Gasteiger partial charge is 0.329 e. The van der Waals surface area contributed by atoms with E-state index in [1.807, 2.05) is 26.8 Å². The number of hydrogen-bond acceptors (Lipinski definition) is 12. The molecule has 0 spiro atoms. The van der Waals surface area contributed by atoms with E-state index in [1.54, 1.807) is 21.0 Å². The third kappa shape index (κ3) is 12.3. The first-order valence-corrected chi connectivity index (χ1v) is 26.1. The van der Waals surface area contributed by atoms with Crippen LogP contribution in [0.5, 0.6) is 0 Å². The Morgan fingerprint density at radius 2 is 1.52 bits per heavy atom. The maximum absolute atomic E-state index is 14.5. The molecule has 14 heteroatoms. The Morgan fingerprint density at radius 3 is 2.13 bits per heavy atom. The molecule has 1 amide bonds. The quantitative estimate of drug-likeness (QED) is 0.115. The number of Topliss-reactive ketones (excluding diaryl/α,β-unsaturated/α-hetero) is 2. The molecule has 0 aromatic rings. The van der Waals surface area contributed by atoms with Crippen LogP contribution in [0.4, 0.5) is 0 Å². The molecule has 14 unspecified atom stereocenters. The van der Waals surface area contributed by atoms with Crippen LogP contribution in [0.25, 0.3) is 0 Å². The number of esters is 1. The van der Waals surface area contributed by atoms with Crippen molar-refractivity contribution in [1.82, 2.24) is 4.90 Å². The van der Waals surface area contributed by atoms with Gasteiger partial charge in [-0.3, -0.25) is 14.4 Å². The highest BCUT2D eigenvalue weighted by Crippen LogP contribution is 2.42. The van der Waals surface area contributed by atoms with E-state index in [0.29, 0.717) is 37.7 Å². The van der Waals surface area contributed by atoms with E-state index in [9.17, 15) is 29.4 Å². The normalized spacial score (nSPS) is 39.3. The predicted molar refractivity (Wildman–Crippen MR) is 240 cm³/mol. The lowest BCUT2D eigenvalue weighted by molar-refractivity contribution is -0.302. The van der Waals surface area contributed by atoms with Crippen LogP contribution in [0.15, 0.2) is 23.3 Å². The standard InChI is InChI=1S/C48H81NO12Si/c1-28-21-29(2)23-40(57-11)43-41(58-12)25-32(5)48(55,60-43)44(52)45(53)49-20-16-15-17-35(49)46(54)59-42(33(6)37(51)27-36(50)30(3)22-28)31(4)24-34-18-19-38(39(26-34)56-10)61-62(13,14)47(7,8)9/h22,24,29-30,32-35,37-43,51,55H,15-21,23,25-27H2,1-14H3/b28-22+,31-24?. The van der Waals surface area contributed by atoms with Crippen molar-refractivity contribution in [3.63, 3.8) is 0 Å². The van der Waals surface area contributed by atoms with Gasteiger partial charge in [0.1, 0.15) is 24.0 Å². The molecule has 2 N–H and O–H groups in total. The zero-order valence-electron chi connectivity index (χ0n) is 40.4. The van der Waals surface area contributed by atoms with Gasteiger partial charge in [0.2, 0.25) is 5.79 Å². The Morgan fingerprint density at radius 1 is 0.887 bits per heavy atom. The zero-order valence-corrected chi connectivity index (χ0v) is 41.4. The van der Waals surface area contributed by atoms with Crippen LogP contribution in [-0.4, -0.2) is 129 Å². The zero-order chi connectivity index (χ0) is 46.5. The molecule has 62 heavy (non-hydrogen) atoms. The number of piperidine rings is 1. The number of carbonyl (C=O) groups excluding carboxylic acids is 4. The lowest BCUT2D eigenvalue weighted by Gasteiger charge is -2.47. The van der Waals surface area contributed by atoms with Gasteiger partial charge in [0.15, 0.2) is 8.32 Å². The fourth-order valence-electron chi connectivity index (χ4n) is 9.84. The molecule has 1 saturated carbocycles. The van der Waals surface area contributed by atoms with Crippen molar-refractivity contribution in [1.29, 1.82) is 0 Å². The summed E-state index contributed by atoms with van der Waals surface area (Å²) in [6.45, 7) is 22.4. The van der Waals surface area contributed by atoms with Crippen molar-refractivity contribution < 1.29 is 57.5 Å². The summed E-state index contributed by atoms with van der Waals surface area (Å²) in [5.74, 6) is -7.43. The highest BCUT2D eigenvalue weighted by Gasteiger charge is 2.56. The number of amides is 1. The third-order valence-electron chi connectivity index (χ3n) is 14.8. The molecule has 4 aliphatic rings. The van der Waals surface area contributed by atoms with Crippen molar-refractivity contribution >= 4 is 31.8 Å².